The molecule has 0 unspecified atom stereocenters. The van der Waals surface area contributed by atoms with Gasteiger partial charge in [-0.25, -0.2) is 9.79 Å². The van der Waals surface area contributed by atoms with E-state index in [9.17, 15) is 14.9 Å². The average Bonchev–Trinajstić information content (AvgIpc) is 3.17. The van der Waals surface area contributed by atoms with Gasteiger partial charge in [0.25, 0.3) is 5.69 Å². The molecule has 0 bridgehead atoms. The van der Waals surface area contributed by atoms with Crippen LogP contribution in [-0.4, -0.2) is 23.9 Å². The summed E-state index contributed by atoms with van der Waals surface area (Å²) >= 11 is 12.1. The molecule has 1 aliphatic heterocycles. The number of hydrogen-bond acceptors (Lipinski definition) is 7. The number of aliphatic imine (C=N–C) groups is 1. The molecular weight excluding hydrogens is 483 g/mol. The zero-order chi connectivity index (χ0) is 24.2. The molecule has 0 atom stereocenters. The monoisotopic (exact) mass is 498 g/mol. The summed E-state index contributed by atoms with van der Waals surface area (Å²) in [5.74, 6) is 0.148. The van der Waals surface area contributed by atoms with Gasteiger partial charge in [-0.1, -0.05) is 47.5 Å². The van der Waals surface area contributed by atoms with Gasteiger partial charge in [-0.3, -0.25) is 10.1 Å². The van der Waals surface area contributed by atoms with Gasteiger partial charge in [0.05, 0.1) is 22.6 Å². The van der Waals surface area contributed by atoms with E-state index in [0.717, 1.165) is 0 Å². The van der Waals surface area contributed by atoms with Gasteiger partial charge in [0.1, 0.15) is 6.61 Å². The third kappa shape index (κ3) is 5.03. The average molecular weight is 499 g/mol. The Labute approximate surface area is 204 Å². The third-order valence-electron chi connectivity index (χ3n) is 4.81. The maximum atomic E-state index is 12.5. The minimum absolute atomic E-state index is 0.0365. The van der Waals surface area contributed by atoms with Gasteiger partial charge < -0.3 is 14.2 Å². The van der Waals surface area contributed by atoms with Gasteiger partial charge in [-0.05, 0) is 35.9 Å². The van der Waals surface area contributed by atoms with Crippen molar-refractivity contribution in [3.05, 3.63) is 103 Å². The smallest absolute Gasteiger partial charge is 0.363 e. The number of cyclic esters (lactones) is 1. The molecule has 3 aromatic rings. The van der Waals surface area contributed by atoms with Gasteiger partial charge in [0.2, 0.25) is 5.90 Å². The Kier molecular flexibility index (Phi) is 6.81. The van der Waals surface area contributed by atoms with Crippen molar-refractivity contribution < 1.29 is 23.9 Å². The summed E-state index contributed by atoms with van der Waals surface area (Å²) < 4.78 is 16.6. The van der Waals surface area contributed by atoms with Crippen LogP contribution in [0, 0.1) is 10.1 Å². The first-order valence-corrected chi connectivity index (χ1v) is 10.6. The summed E-state index contributed by atoms with van der Waals surface area (Å²) in [5, 5.41) is 11.8. The SMILES string of the molecule is COc1cccc(/C=C2\N=C(c3ccc(Cl)cc3Cl)OC2=O)c1OCc1cccc([N+](=O)[O-])c1. The molecule has 3 aromatic carbocycles. The number of esters is 1. The number of methoxy groups -OCH3 is 1. The van der Waals surface area contributed by atoms with Crippen LogP contribution in [0.4, 0.5) is 5.69 Å². The summed E-state index contributed by atoms with van der Waals surface area (Å²) in [4.78, 5) is 27.3. The quantitative estimate of drug-likeness (QED) is 0.175. The second-order valence-corrected chi connectivity index (χ2v) is 7.90. The molecular formula is C24H16Cl2N2O6. The van der Waals surface area contributed by atoms with E-state index < -0.39 is 10.9 Å². The Bertz CT molecular complexity index is 1350. The molecule has 0 aromatic heterocycles. The van der Waals surface area contributed by atoms with Gasteiger partial charge in [0.15, 0.2) is 17.2 Å². The number of nitrogens with zero attached hydrogens (tertiary/aromatic N) is 2. The number of hydrogen-bond donors (Lipinski definition) is 0. The van der Waals surface area contributed by atoms with E-state index in [1.165, 1.54) is 31.4 Å². The van der Waals surface area contributed by atoms with Gasteiger partial charge in [-0.2, -0.15) is 0 Å². The number of non-ortho nitro benzene ring substituents is 1. The van der Waals surface area contributed by atoms with Crippen LogP contribution in [0.1, 0.15) is 16.7 Å². The number of rotatable bonds is 7. The lowest BCUT2D eigenvalue weighted by Gasteiger charge is -2.13. The first kappa shape index (κ1) is 23.3. The molecule has 1 aliphatic rings. The molecule has 172 valence electrons. The largest absolute Gasteiger partial charge is 0.493 e. The molecule has 0 amide bonds. The van der Waals surface area contributed by atoms with Crippen LogP contribution in [0.15, 0.2) is 71.4 Å². The van der Waals surface area contributed by atoms with Gasteiger partial charge in [0, 0.05) is 22.7 Å². The van der Waals surface area contributed by atoms with Crippen molar-refractivity contribution >= 4 is 46.8 Å². The van der Waals surface area contributed by atoms with E-state index in [4.69, 9.17) is 37.4 Å². The number of nitro benzene ring substituents is 1. The highest BCUT2D eigenvalue weighted by atomic mass is 35.5. The van der Waals surface area contributed by atoms with E-state index in [2.05, 4.69) is 4.99 Å². The van der Waals surface area contributed by atoms with Gasteiger partial charge >= 0.3 is 5.97 Å². The Morgan fingerprint density at radius 3 is 2.65 bits per heavy atom. The fourth-order valence-electron chi connectivity index (χ4n) is 3.21. The highest BCUT2D eigenvalue weighted by molar-refractivity contribution is 6.37. The zero-order valence-corrected chi connectivity index (χ0v) is 19.2. The molecule has 0 saturated heterocycles. The van der Waals surface area contributed by atoms with E-state index in [-0.39, 0.29) is 23.9 Å². The molecule has 0 radical (unpaired) electrons. The Morgan fingerprint density at radius 1 is 1.12 bits per heavy atom. The van der Waals surface area contributed by atoms with Crippen LogP contribution >= 0.6 is 23.2 Å². The summed E-state index contributed by atoms with van der Waals surface area (Å²) in [5.41, 5.74) is 1.52. The zero-order valence-electron chi connectivity index (χ0n) is 17.7. The van der Waals surface area contributed by atoms with Crippen LogP contribution in [0.2, 0.25) is 10.0 Å². The number of ether oxygens (including phenoxy) is 3. The molecule has 0 spiro atoms. The molecule has 0 saturated carbocycles. The molecule has 4 rings (SSSR count). The highest BCUT2D eigenvalue weighted by Crippen LogP contribution is 2.35. The topological polar surface area (TPSA) is 100 Å². The van der Waals surface area contributed by atoms with E-state index in [0.29, 0.717) is 38.2 Å². The number of halogens is 2. The number of carbonyl (C=O) groups excluding carboxylic acids is 1. The van der Waals surface area contributed by atoms with E-state index in [1.54, 1.807) is 42.5 Å². The van der Waals surface area contributed by atoms with Crippen LogP contribution in [0.5, 0.6) is 11.5 Å². The van der Waals surface area contributed by atoms with Crippen molar-refractivity contribution in [2.45, 2.75) is 6.61 Å². The first-order chi connectivity index (χ1) is 16.4. The summed E-state index contributed by atoms with van der Waals surface area (Å²) in [6, 6.07) is 16.0. The van der Waals surface area contributed by atoms with Gasteiger partial charge in [-0.15, -0.1) is 0 Å². The fourth-order valence-corrected chi connectivity index (χ4v) is 3.70. The van der Waals surface area contributed by atoms with Crippen molar-refractivity contribution in [1.29, 1.82) is 0 Å². The highest BCUT2D eigenvalue weighted by Gasteiger charge is 2.26. The Hall–Kier alpha value is -3.88. The lowest BCUT2D eigenvalue weighted by molar-refractivity contribution is -0.384. The standard InChI is InChI=1S/C24H16Cl2N2O6/c1-32-21-7-3-5-15(22(21)33-13-14-4-2-6-17(10-14)28(30)31)11-20-24(29)34-23(27-20)18-9-8-16(25)12-19(18)26/h2-12H,13H2,1H3/b20-11-. The van der Waals surface area contributed by atoms with Crippen LogP contribution < -0.4 is 9.47 Å². The van der Waals surface area contributed by atoms with Crippen LogP contribution in [0.3, 0.4) is 0 Å². The van der Waals surface area contributed by atoms with Crippen molar-refractivity contribution in [2.24, 2.45) is 4.99 Å². The predicted molar refractivity (Wildman–Crippen MR) is 127 cm³/mol. The number of nitro groups is 1. The predicted octanol–water partition coefficient (Wildman–Crippen LogP) is 5.83. The molecule has 34 heavy (non-hydrogen) atoms. The second-order valence-electron chi connectivity index (χ2n) is 7.05. The maximum absolute atomic E-state index is 12.5. The lowest BCUT2D eigenvalue weighted by atomic mass is 10.1. The normalized spacial score (nSPS) is 14.0. The second kappa shape index (κ2) is 9.94. The molecule has 8 nitrogen and oxygen atoms in total. The molecule has 0 aliphatic carbocycles. The van der Waals surface area contributed by atoms with Crippen molar-refractivity contribution in [3.8, 4) is 11.5 Å². The van der Waals surface area contributed by atoms with Crippen molar-refractivity contribution in [3.63, 3.8) is 0 Å². The van der Waals surface area contributed by atoms with Crippen molar-refractivity contribution in [1.82, 2.24) is 0 Å². The number of para-hydroxylation sites is 1. The molecule has 0 N–H and O–H groups in total. The Balaban J connectivity index is 1.65. The lowest BCUT2D eigenvalue weighted by Crippen LogP contribution is -2.06. The van der Waals surface area contributed by atoms with E-state index >= 15 is 0 Å². The molecule has 10 heteroatoms. The molecule has 1 heterocycles. The van der Waals surface area contributed by atoms with Crippen LogP contribution in [-0.2, 0) is 16.1 Å². The third-order valence-corrected chi connectivity index (χ3v) is 5.36. The summed E-state index contributed by atoms with van der Waals surface area (Å²) in [6.07, 6.45) is 1.50. The Morgan fingerprint density at radius 2 is 1.91 bits per heavy atom. The summed E-state index contributed by atoms with van der Waals surface area (Å²) in [6.45, 7) is 0.0393. The van der Waals surface area contributed by atoms with Crippen molar-refractivity contribution in [2.75, 3.05) is 7.11 Å². The maximum Gasteiger partial charge on any atom is 0.363 e. The fraction of sp³-hybridized carbons (Fsp3) is 0.0833. The minimum Gasteiger partial charge on any atom is -0.493 e. The van der Waals surface area contributed by atoms with Crippen LogP contribution in [0.25, 0.3) is 6.08 Å². The first-order valence-electron chi connectivity index (χ1n) is 9.87. The number of carbonyl (C=O) groups is 1. The minimum atomic E-state index is -0.659. The number of benzene rings is 3. The van der Waals surface area contributed by atoms with E-state index in [1.807, 2.05) is 0 Å². The molecule has 0 fully saturated rings. The summed E-state index contributed by atoms with van der Waals surface area (Å²) in [7, 11) is 1.48.